The average Bonchev–Trinajstić information content (AvgIpc) is 3.88. The van der Waals surface area contributed by atoms with Crippen LogP contribution in [0.15, 0.2) is 177 Å². The third-order valence-corrected chi connectivity index (χ3v) is 15.7. The van der Waals surface area contributed by atoms with Gasteiger partial charge < -0.3 is 29.4 Å². The number of hydrogen-bond donors (Lipinski definition) is 0. The summed E-state index contributed by atoms with van der Waals surface area (Å²) in [6.07, 6.45) is 2.53. The normalized spacial score (nSPS) is 15.7. The highest BCUT2D eigenvalue weighted by molar-refractivity contribution is 6.40. The summed E-state index contributed by atoms with van der Waals surface area (Å²) in [4.78, 5) is 12.9. The zero-order valence-electron chi connectivity index (χ0n) is 36.3. The van der Waals surface area contributed by atoms with Crippen molar-refractivity contribution in [2.24, 2.45) is 0 Å². The first-order valence-corrected chi connectivity index (χ1v) is 24.6. The molecule has 0 aromatic heterocycles. The Morgan fingerprint density at radius 1 is 0.273 bits per heavy atom. The molecular weight excluding hydrogens is 945 g/mol. The summed E-state index contributed by atoms with van der Waals surface area (Å²) >= 11 is 41.9. The summed E-state index contributed by atoms with van der Waals surface area (Å²) in [7, 11) is 0. The highest BCUT2D eigenvalue weighted by atomic mass is 35.5. The van der Waals surface area contributed by atoms with Gasteiger partial charge in [0.25, 0.3) is 0 Å². The largest absolute Gasteiger partial charge is 0.342 e. The van der Waals surface area contributed by atoms with Crippen LogP contribution in [0, 0.1) is 0 Å². The molecule has 0 amide bonds. The second kappa shape index (κ2) is 19.7. The van der Waals surface area contributed by atoms with E-state index in [9.17, 15) is 0 Å². The molecule has 6 nitrogen and oxygen atoms in total. The van der Waals surface area contributed by atoms with E-state index in [4.69, 9.17) is 69.6 Å². The lowest BCUT2D eigenvalue weighted by atomic mass is 10.0. The zero-order chi connectivity index (χ0) is 45.3. The molecule has 12 heteroatoms. The number of rotatable bonds is 15. The Balaban J connectivity index is 0.846. The number of fused-ring (bicyclic) bond motifs is 3. The van der Waals surface area contributed by atoms with Crippen LogP contribution in [-0.2, 0) is 38.9 Å². The summed E-state index contributed by atoms with van der Waals surface area (Å²) in [6.45, 7) is 5.65. The summed E-state index contributed by atoms with van der Waals surface area (Å²) in [5.74, 6) is 0. The number of halogens is 6. The molecule has 0 saturated carbocycles. The molecule has 0 bridgehead atoms. The van der Waals surface area contributed by atoms with Gasteiger partial charge in [-0.3, -0.25) is 0 Å². The molecule has 7 aromatic carbocycles. The Labute approximate surface area is 417 Å². The lowest BCUT2D eigenvalue weighted by Gasteiger charge is -2.26. The summed E-state index contributed by atoms with van der Waals surface area (Å²) in [5.41, 5.74) is 7.06. The highest BCUT2D eigenvalue weighted by Gasteiger charge is 2.30. The molecule has 0 unspecified atom stereocenters. The predicted octanol–water partition coefficient (Wildman–Crippen LogP) is 13.9. The van der Waals surface area contributed by atoms with Crippen molar-refractivity contribution in [2.45, 2.75) is 38.9 Å². The van der Waals surface area contributed by atoms with Crippen molar-refractivity contribution in [3.63, 3.8) is 0 Å². The molecular formula is C54H48Cl6N6. The molecule has 0 radical (unpaired) electrons. The van der Waals surface area contributed by atoms with Gasteiger partial charge in [-0.1, -0.05) is 215 Å². The standard InChI is InChI=1S/C54H48Cl6N6/c55-49-52(58)64(34-61(49)22-19-37-13-16-43-7-1-4-10-46(43)28-37)31-40-25-41(32-65-35-62(50(56)53(65)59)23-20-38-14-17-44-8-2-5-11-47(44)29-38)27-42(26-40)33-66-36-63(51(57)54(66)60)24-21-39-15-18-45-9-3-6-12-48(45)30-39/h1-18,25-30H,19-24,31-36H2. The Morgan fingerprint density at radius 3 is 0.818 bits per heavy atom. The Bertz CT molecular complexity index is 2710. The molecule has 7 aromatic rings. The second-order valence-corrected chi connectivity index (χ2v) is 19.7. The molecule has 10 rings (SSSR count). The summed E-state index contributed by atoms with van der Waals surface area (Å²) in [6, 6.07) is 51.9. The van der Waals surface area contributed by atoms with Crippen LogP contribution in [0.1, 0.15) is 33.4 Å². The van der Waals surface area contributed by atoms with Crippen LogP contribution >= 0.6 is 69.6 Å². The fourth-order valence-corrected chi connectivity index (χ4v) is 10.9. The van der Waals surface area contributed by atoms with Crippen LogP contribution in [0.4, 0.5) is 0 Å². The third-order valence-electron chi connectivity index (χ3n) is 12.9. The monoisotopic (exact) mass is 990 g/mol. The lowest BCUT2D eigenvalue weighted by molar-refractivity contribution is 0.249. The first kappa shape index (κ1) is 44.9. The minimum Gasteiger partial charge on any atom is -0.342 e. The summed E-state index contributed by atoms with van der Waals surface area (Å²) in [5, 5.41) is 10.7. The molecule has 3 aliphatic rings. The van der Waals surface area contributed by atoms with Gasteiger partial charge in [-0.2, -0.15) is 0 Å². The lowest BCUT2D eigenvalue weighted by Crippen LogP contribution is -2.29. The van der Waals surface area contributed by atoms with Gasteiger partial charge in [0.1, 0.15) is 30.9 Å². The smallest absolute Gasteiger partial charge is 0.142 e. The van der Waals surface area contributed by atoms with E-state index in [1.54, 1.807) is 0 Å². The maximum absolute atomic E-state index is 7.02. The van der Waals surface area contributed by atoms with Gasteiger partial charge in [0.2, 0.25) is 0 Å². The quantitative estimate of drug-likeness (QED) is 0.0947. The SMILES string of the molecule is ClC1=C(Cl)N(Cc2cc(CN3CN(CCc4ccc5ccccc5c4)C(Cl)=C3Cl)cc(CN3CN(CCc4ccc5ccccc5c4)C(Cl)=C3Cl)c2)CN1CCc1ccc2ccccc2c1. The van der Waals surface area contributed by atoms with Gasteiger partial charge in [0.05, 0.1) is 20.0 Å². The van der Waals surface area contributed by atoms with Crippen LogP contribution in [0.2, 0.25) is 0 Å². The molecule has 3 aliphatic heterocycles. The highest BCUT2D eigenvalue weighted by Crippen LogP contribution is 2.36. The van der Waals surface area contributed by atoms with E-state index >= 15 is 0 Å². The van der Waals surface area contributed by atoms with Gasteiger partial charge in [0.15, 0.2) is 0 Å². The zero-order valence-corrected chi connectivity index (χ0v) is 40.8. The third kappa shape index (κ3) is 9.87. The maximum Gasteiger partial charge on any atom is 0.142 e. The molecule has 0 atom stereocenters. The van der Waals surface area contributed by atoms with Crippen molar-refractivity contribution >= 4 is 102 Å². The molecule has 0 aliphatic carbocycles. The molecule has 0 saturated heterocycles. The Kier molecular flexibility index (Phi) is 13.4. The average molecular weight is 994 g/mol. The van der Waals surface area contributed by atoms with E-state index in [0.717, 1.165) is 55.6 Å². The Hall–Kier alpha value is -4.92. The van der Waals surface area contributed by atoms with Crippen molar-refractivity contribution in [2.75, 3.05) is 39.6 Å². The van der Waals surface area contributed by atoms with Crippen LogP contribution < -0.4 is 0 Å². The molecule has 0 N–H and O–H groups in total. The van der Waals surface area contributed by atoms with Gasteiger partial charge in [-0.15, -0.1) is 0 Å². The van der Waals surface area contributed by atoms with Crippen molar-refractivity contribution in [3.05, 3.63) is 210 Å². The van der Waals surface area contributed by atoms with Crippen molar-refractivity contribution in [3.8, 4) is 0 Å². The fraction of sp³-hybridized carbons (Fsp3) is 0.222. The minimum absolute atomic E-state index is 0.542. The van der Waals surface area contributed by atoms with E-state index in [0.29, 0.717) is 70.6 Å². The van der Waals surface area contributed by atoms with Crippen LogP contribution in [0.25, 0.3) is 32.3 Å². The molecule has 336 valence electrons. The van der Waals surface area contributed by atoms with Crippen LogP contribution in [0.5, 0.6) is 0 Å². The van der Waals surface area contributed by atoms with Crippen LogP contribution in [-0.4, -0.2) is 69.0 Å². The van der Waals surface area contributed by atoms with E-state index in [2.05, 4.69) is 175 Å². The molecule has 0 spiro atoms. The first-order chi connectivity index (χ1) is 32.1. The van der Waals surface area contributed by atoms with Gasteiger partial charge >= 0.3 is 0 Å². The van der Waals surface area contributed by atoms with Crippen molar-refractivity contribution in [1.82, 2.24) is 29.4 Å². The maximum atomic E-state index is 7.02. The molecule has 3 heterocycles. The topological polar surface area (TPSA) is 19.4 Å². The van der Waals surface area contributed by atoms with Crippen LogP contribution in [0.3, 0.4) is 0 Å². The van der Waals surface area contributed by atoms with E-state index < -0.39 is 0 Å². The van der Waals surface area contributed by atoms with Crippen molar-refractivity contribution < 1.29 is 0 Å². The molecule has 66 heavy (non-hydrogen) atoms. The summed E-state index contributed by atoms with van der Waals surface area (Å²) < 4.78 is 0. The van der Waals surface area contributed by atoms with Gasteiger partial charge in [0, 0.05) is 39.3 Å². The Morgan fingerprint density at radius 2 is 0.530 bits per heavy atom. The van der Waals surface area contributed by atoms with Gasteiger partial charge in [-0.25, -0.2) is 0 Å². The number of hydrogen-bond acceptors (Lipinski definition) is 6. The van der Waals surface area contributed by atoms with Gasteiger partial charge in [-0.05, 0) is 85.0 Å². The van der Waals surface area contributed by atoms with E-state index in [1.807, 2.05) is 0 Å². The van der Waals surface area contributed by atoms with Crippen molar-refractivity contribution in [1.29, 1.82) is 0 Å². The second-order valence-electron chi connectivity index (χ2n) is 17.5. The number of benzene rings is 7. The van der Waals surface area contributed by atoms with E-state index in [1.165, 1.54) is 49.0 Å². The predicted molar refractivity (Wildman–Crippen MR) is 277 cm³/mol. The minimum atomic E-state index is 0.542. The fourth-order valence-electron chi connectivity index (χ4n) is 9.39. The molecule has 0 fully saturated rings. The van der Waals surface area contributed by atoms with E-state index in [-0.39, 0.29) is 0 Å². The number of nitrogens with zero attached hydrogens (tertiary/aromatic N) is 6. The first-order valence-electron chi connectivity index (χ1n) is 22.3.